The van der Waals surface area contributed by atoms with E-state index in [-0.39, 0.29) is 5.11 Å². The molecule has 0 aromatic heterocycles. The molecule has 0 radical (unpaired) electrons. The van der Waals surface area contributed by atoms with Crippen LogP contribution < -0.4 is 5.32 Å². The molecule has 1 saturated heterocycles. The molecule has 5 atom stereocenters. The number of aliphatic hydroxyl groups is 3. The zero-order valence-corrected chi connectivity index (χ0v) is 10.5. The van der Waals surface area contributed by atoms with Crippen molar-refractivity contribution in [3.63, 3.8) is 0 Å². The number of hydrogen-bond donors (Lipinski definition) is 4. The first-order valence-electron chi connectivity index (χ1n) is 5.49. The van der Waals surface area contributed by atoms with Gasteiger partial charge in [-0.15, -0.1) is 0 Å². The van der Waals surface area contributed by atoms with E-state index in [1.54, 1.807) is 6.92 Å². The first-order chi connectivity index (χ1) is 8.45. The second-order valence-corrected chi connectivity index (χ2v) is 4.70. The Hall–Kier alpha value is -0.800. The molecule has 2 unspecified atom stereocenters. The van der Waals surface area contributed by atoms with Gasteiger partial charge >= 0.3 is 0 Å². The van der Waals surface area contributed by atoms with E-state index in [9.17, 15) is 14.6 Å². The minimum atomic E-state index is -1.69. The summed E-state index contributed by atoms with van der Waals surface area (Å²) in [6, 6.07) is 0. The van der Waals surface area contributed by atoms with Crippen molar-refractivity contribution in [2.75, 3.05) is 6.61 Å². The highest BCUT2D eigenvalue weighted by atomic mass is 32.1. The largest absolute Gasteiger partial charge is 0.394 e. The molecule has 0 bridgehead atoms. The van der Waals surface area contributed by atoms with Crippen LogP contribution in [0.4, 0.5) is 4.39 Å². The number of ether oxygens (including phenoxy) is 1. The quantitative estimate of drug-likeness (QED) is 0.473. The van der Waals surface area contributed by atoms with E-state index < -0.39 is 37.4 Å². The number of hydrogen-bond acceptors (Lipinski definition) is 5. The van der Waals surface area contributed by atoms with Gasteiger partial charge in [0, 0.05) is 6.20 Å². The number of nitrogens with zero attached hydrogens (tertiary/aromatic N) is 1. The van der Waals surface area contributed by atoms with Crippen LogP contribution in [0.2, 0.25) is 0 Å². The predicted octanol–water partition coefficient (Wildman–Crippen LogP) is -1.19. The van der Waals surface area contributed by atoms with Crippen molar-refractivity contribution in [2.45, 2.75) is 37.8 Å². The SMILES string of the molecule is CC1=CN([C@H]2O[C@@H](CO)[C@@H](O)C2F)C(=S)NC1O. The molecular formula is C10H15FN2O4S. The van der Waals surface area contributed by atoms with Crippen molar-refractivity contribution in [2.24, 2.45) is 0 Å². The van der Waals surface area contributed by atoms with Crippen molar-refractivity contribution in [1.82, 2.24) is 10.2 Å². The third-order valence-corrected chi connectivity index (χ3v) is 3.35. The van der Waals surface area contributed by atoms with Crippen molar-refractivity contribution in [3.05, 3.63) is 11.8 Å². The van der Waals surface area contributed by atoms with E-state index in [4.69, 9.17) is 22.1 Å². The molecule has 8 heteroatoms. The highest BCUT2D eigenvalue weighted by molar-refractivity contribution is 7.80. The molecule has 2 heterocycles. The molecule has 0 aromatic rings. The van der Waals surface area contributed by atoms with E-state index in [0.29, 0.717) is 5.57 Å². The Morgan fingerprint density at radius 3 is 2.78 bits per heavy atom. The minimum Gasteiger partial charge on any atom is -0.394 e. The third-order valence-electron chi connectivity index (χ3n) is 3.02. The fraction of sp³-hybridized carbons (Fsp3) is 0.700. The maximum Gasteiger partial charge on any atom is 0.177 e. The number of aliphatic hydroxyl groups excluding tert-OH is 3. The average molecular weight is 278 g/mol. The summed E-state index contributed by atoms with van der Waals surface area (Å²) in [6.45, 7) is 1.17. The maximum absolute atomic E-state index is 13.9. The number of rotatable bonds is 2. The summed E-state index contributed by atoms with van der Waals surface area (Å²) in [5.41, 5.74) is 0.543. The van der Waals surface area contributed by atoms with E-state index >= 15 is 0 Å². The van der Waals surface area contributed by atoms with Gasteiger partial charge in [0.05, 0.1) is 6.61 Å². The Labute approximate surface area is 109 Å². The third kappa shape index (κ3) is 2.21. The standard InChI is InChI=1S/C10H15FN2O4S/c1-4-2-13(10(18)12-8(4)16)9-6(11)7(15)5(3-14)17-9/h2,5-9,14-16H,3H2,1H3,(H,12,18)/t5-,6?,7+,8?,9-/m0/s1. The molecule has 102 valence electrons. The van der Waals surface area contributed by atoms with Crippen LogP contribution in [-0.4, -0.2) is 62.8 Å². The molecule has 0 aliphatic carbocycles. The van der Waals surface area contributed by atoms with Gasteiger partial charge in [-0.25, -0.2) is 4.39 Å². The van der Waals surface area contributed by atoms with Crippen molar-refractivity contribution < 1.29 is 24.4 Å². The van der Waals surface area contributed by atoms with Crippen molar-refractivity contribution in [1.29, 1.82) is 0 Å². The lowest BCUT2D eigenvalue weighted by Gasteiger charge is -2.34. The fourth-order valence-corrected chi connectivity index (χ4v) is 2.19. The molecule has 2 aliphatic heterocycles. The highest BCUT2D eigenvalue weighted by Crippen LogP contribution is 2.28. The van der Waals surface area contributed by atoms with E-state index in [0.717, 1.165) is 0 Å². The Morgan fingerprint density at radius 2 is 2.22 bits per heavy atom. The second-order valence-electron chi connectivity index (χ2n) is 4.32. The van der Waals surface area contributed by atoms with E-state index in [2.05, 4.69) is 5.32 Å². The van der Waals surface area contributed by atoms with Crippen LogP contribution in [0.25, 0.3) is 0 Å². The van der Waals surface area contributed by atoms with E-state index in [1.165, 1.54) is 11.1 Å². The molecule has 4 N–H and O–H groups in total. The molecule has 0 aromatic carbocycles. The Balaban J connectivity index is 2.19. The smallest absolute Gasteiger partial charge is 0.177 e. The topological polar surface area (TPSA) is 85.2 Å². The van der Waals surface area contributed by atoms with Gasteiger partial charge in [0.1, 0.15) is 18.4 Å². The predicted molar refractivity (Wildman–Crippen MR) is 64.0 cm³/mol. The summed E-state index contributed by atoms with van der Waals surface area (Å²) in [5, 5.41) is 30.7. The summed E-state index contributed by atoms with van der Waals surface area (Å²) in [4.78, 5) is 1.29. The molecular weight excluding hydrogens is 263 g/mol. The normalized spacial score (nSPS) is 40.7. The summed E-state index contributed by atoms with van der Waals surface area (Å²) in [5.74, 6) is 0. The molecule has 2 rings (SSSR count). The van der Waals surface area contributed by atoms with Gasteiger partial charge in [-0.2, -0.15) is 0 Å². The lowest BCUT2D eigenvalue weighted by molar-refractivity contribution is -0.0543. The summed E-state index contributed by atoms with van der Waals surface area (Å²) >= 11 is 4.98. The highest BCUT2D eigenvalue weighted by Gasteiger charge is 2.47. The van der Waals surface area contributed by atoms with Crippen LogP contribution >= 0.6 is 12.2 Å². The Morgan fingerprint density at radius 1 is 1.56 bits per heavy atom. The maximum atomic E-state index is 13.9. The molecule has 1 fully saturated rings. The second kappa shape index (κ2) is 5.06. The fourth-order valence-electron chi connectivity index (χ4n) is 1.92. The van der Waals surface area contributed by atoms with Gasteiger partial charge < -0.3 is 25.4 Å². The van der Waals surface area contributed by atoms with Crippen LogP contribution in [0, 0.1) is 0 Å². The number of halogens is 1. The van der Waals surface area contributed by atoms with Crippen molar-refractivity contribution >= 4 is 17.3 Å². The monoisotopic (exact) mass is 278 g/mol. The van der Waals surface area contributed by atoms with Gasteiger partial charge in [-0.3, -0.25) is 4.90 Å². The lowest BCUT2D eigenvalue weighted by atomic mass is 10.1. The summed E-state index contributed by atoms with van der Waals surface area (Å²) in [6.07, 6.45) is -4.63. The Kier molecular flexibility index (Phi) is 3.83. The number of thiocarbonyl (C=S) groups is 1. The van der Waals surface area contributed by atoms with Gasteiger partial charge in [0.15, 0.2) is 17.5 Å². The molecule has 18 heavy (non-hydrogen) atoms. The van der Waals surface area contributed by atoms with Gasteiger partial charge in [0.25, 0.3) is 0 Å². The average Bonchev–Trinajstić information content (AvgIpc) is 2.61. The zero-order chi connectivity index (χ0) is 13.4. The molecule has 0 amide bonds. The first kappa shape index (κ1) is 13.6. The van der Waals surface area contributed by atoms with Gasteiger partial charge in [0.2, 0.25) is 0 Å². The molecule has 6 nitrogen and oxygen atoms in total. The lowest BCUT2D eigenvalue weighted by Crippen LogP contribution is -2.53. The van der Waals surface area contributed by atoms with Crippen LogP contribution in [0.5, 0.6) is 0 Å². The first-order valence-corrected chi connectivity index (χ1v) is 5.90. The van der Waals surface area contributed by atoms with E-state index in [1.807, 2.05) is 0 Å². The molecule has 0 saturated carbocycles. The Bertz CT molecular complexity index is 381. The zero-order valence-electron chi connectivity index (χ0n) is 9.65. The summed E-state index contributed by atoms with van der Waals surface area (Å²) in [7, 11) is 0. The van der Waals surface area contributed by atoms with Gasteiger partial charge in [-0.1, -0.05) is 0 Å². The van der Waals surface area contributed by atoms with Gasteiger partial charge in [-0.05, 0) is 24.7 Å². The molecule has 2 aliphatic rings. The van der Waals surface area contributed by atoms with Crippen LogP contribution in [0.15, 0.2) is 11.8 Å². The van der Waals surface area contributed by atoms with Crippen LogP contribution in [0.3, 0.4) is 0 Å². The number of nitrogens with one attached hydrogen (secondary N) is 1. The molecule has 0 spiro atoms. The summed E-state index contributed by atoms with van der Waals surface area (Å²) < 4.78 is 19.1. The minimum absolute atomic E-state index is 0.103. The van der Waals surface area contributed by atoms with Crippen LogP contribution in [0.1, 0.15) is 6.92 Å². The van der Waals surface area contributed by atoms with Crippen molar-refractivity contribution in [3.8, 4) is 0 Å². The number of alkyl halides is 1. The van der Waals surface area contributed by atoms with Crippen LogP contribution in [-0.2, 0) is 4.74 Å².